The maximum Gasteiger partial charge on any atom is 4.00 e. The summed E-state index contributed by atoms with van der Waals surface area (Å²) in [6.07, 6.45) is 0. The van der Waals surface area contributed by atoms with Crippen molar-refractivity contribution in [2.45, 2.75) is 38.3 Å². The Morgan fingerprint density at radius 1 is 0.586 bits per heavy atom. The standard InChI is InChI=1S/2C9H7.C6H16Si2.2ClH.Zr/c2*1-2-5-9-7-3-6-8(9)4-1;1-7(2)5-6-8(3)4;;;/h2*1-7H;5-6H2,1-4H3;2*1H;/q2*-1;;;;+4/p-2. The van der Waals surface area contributed by atoms with Gasteiger partial charge in [0.05, 0.1) is 0 Å². The number of rotatable bonds is 3. The van der Waals surface area contributed by atoms with E-state index in [2.05, 4.69) is 111 Å². The Morgan fingerprint density at radius 3 is 1.24 bits per heavy atom. The molecule has 0 aliphatic heterocycles. The first-order valence-electron chi connectivity index (χ1n) is 9.35. The first-order valence-corrected chi connectivity index (χ1v) is 14.8. The van der Waals surface area contributed by atoms with Crippen molar-refractivity contribution in [2.75, 3.05) is 0 Å². The van der Waals surface area contributed by atoms with Crippen LogP contribution in [0.15, 0.2) is 84.9 Å². The second kappa shape index (κ2) is 17.3. The quantitative estimate of drug-likeness (QED) is 0.276. The zero-order chi connectivity index (χ0) is 18.8. The minimum Gasteiger partial charge on any atom is -1.00 e. The molecule has 0 aliphatic rings. The van der Waals surface area contributed by atoms with Gasteiger partial charge in [-0.25, -0.2) is 0 Å². The third-order valence-corrected chi connectivity index (χ3v) is 7.22. The Labute approximate surface area is 212 Å². The van der Waals surface area contributed by atoms with Gasteiger partial charge in [-0.1, -0.05) is 50.4 Å². The van der Waals surface area contributed by atoms with Crippen LogP contribution in [0.4, 0.5) is 0 Å². The van der Waals surface area contributed by atoms with Gasteiger partial charge in [0.25, 0.3) is 0 Å². The summed E-state index contributed by atoms with van der Waals surface area (Å²) in [6, 6.07) is 32.4. The van der Waals surface area contributed by atoms with Crippen molar-refractivity contribution in [2.24, 2.45) is 0 Å². The molecule has 0 saturated carbocycles. The van der Waals surface area contributed by atoms with Gasteiger partial charge in [-0.3, -0.25) is 0 Å². The van der Waals surface area contributed by atoms with Gasteiger partial charge in [-0.05, 0) is 0 Å². The molecule has 0 aromatic heterocycles. The molecule has 0 nitrogen and oxygen atoms in total. The molecule has 0 amide bonds. The predicted molar refractivity (Wildman–Crippen MR) is 124 cm³/mol. The van der Waals surface area contributed by atoms with Crippen molar-refractivity contribution in [1.29, 1.82) is 0 Å². The smallest absolute Gasteiger partial charge is 1.00 e. The second-order valence-electron chi connectivity index (χ2n) is 7.22. The average Bonchev–Trinajstić information content (AvgIpc) is 3.30. The number of benzene rings is 2. The molecule has 4 rings (SSSR count). The molecule has 0 N–H and O–H groups in total. The summed E-state index contributed by atoms with van der Waals surface area (Å²) in [5, 5.41) is 5.32. The molecule has 0 aliphatic carbocycles. The molecule has 0 fully saturated rings. The van der Waals surface area contributed by atoms with E-state index in [-0.39, 0.29) is 68.6 Å². The number of fused-ring (bicyclic) bond motifs is 2. The van der Waals surface area contributed by atoms with Crippen molar-refractivity contribution in [3.63, 3.8) is 0 Å². The molecule has 4 aromatic rings. The number of halogens is 2. The van der Waals surface area contributed by atoms with Crippen LogP contribution in [-0.2, 0) is 26.2 Å². The molecule has 0 spiro atoms. The van der Waals surface area contributed by atoms with Crippen LogP contribution in [0.25, 0.3) is 21.5 Å². The summed E-state index contributed by atoms with van der Waals surface area (Å²) in [6.45, 7) is 9.59. The Hall–Kier alpha value is -0.443. The molecule has 0 heterocycles. The van der Waals surface area contributed by atoms with Crippen LogP contribution in [0.2, 0.25) is 38.3 Å². The minimum atomic E-state index is 0. The van der Waals surface area contributed by atoms with Crippen molar-refractivity contribution in [3.05, 3.63) is 84.9 Å². The van der Waals surface area contributed by atoms with Gasteiger partial charge in [-0.2, -0.15) is 35.0 Å². The van der Waals surface area contributed by atoms with E-state index >= 15 is 0 Å². The predicted octanol–water partition coefficient (Wildman–Crippen LogP) is 1.62. The molecule has 4 aromatic carbocycles. The molecule has 2 radical (unpaired) electrons. The topological polar surface area (TPSA) is 0 Å². The van der Waals surface area contributed by atoms with Gasteiger partial charge in [0.15, 0.2) is 0 Å². The van der Waals surface area contributed by atoms with E-state index < -0.39 is 0 Å². The van der Waals surface area contributed by atoms with Crippen LogP contribution in [0.5, 0.6) is 0 Å². The van der Waals surface area contributed by atoms with E-state index in [1.807, 2.05) is 0 Å². The zero-order valence-corrected chi connectivity index (χ0v) is 23.7. The van der Waals surface area contributed by atoms with Crippen LogP contribution in [0.1, 0.15) is 0 Å². The van der Waals surface area contributed by atoms with Gasteiger partial charge in [-0.15, -0.1) is 59.3 Å². The summed E-state index contributed by atoms with van der Waals surface area (Å²) in [4.78, 5) is 0. The first-order chi connectivity index (χ1) is 12.6. The first kappa shape index (κ1) is 30.7. The second-order valence-corrected chi connectivity index (χ2v) is 13.1. The molecule has 0 atom stereocenters. The Kier molecular flexibility index (Phi) is 18.3. The van der Waals surface area contributed by atoms with E-state index in [1.165, 1.54) is 33.6 Å². The van der Waals surface area contributed by atoms with Crippen LogP contribution in [0.3, 0.4) is 0 Å². The molecule has 29 heavy (non-hydrogen) atoms. The summed E-state index contributed by atoms with van der Waals surface area (Å²) in [5.74, 6) is 0. The van der Waals surface area contributed by atoms with E-state index in [4.69, 9.17) is 0 Å². The van der Waals surface area contributed by atoms with Crippen LogP contribution in [0, 0.1) is 0 Å². The molecule has 0 bridgehead atoms. The van der Waals surface area contributed by atoms with Gasteiger partial charge in [0.1, 0.15) is 0 Å². The Morgan fingerprint density at radius 2 is 0.931 bits per heavy atom. The van der Waals surface area contributed by atoms with Gasteiger partial charge in [0, 0.05) is 17.6 Å². The monoisotopic (exact) mass is 534 g/mol. The summed E-state index contributed by atoms with van der Waals surface area (Å²) >= 11 is 0. The largest absolute Gasteiger partial charge is 4.00 e. The van der Waals surface area contributed by atoms with Crippen LogP contribution >= 0.6 is 0 Å². The number of hydrogen-bond donors (Lipinski definition) is 0. The van der Waals surface area contributed by atoms with E-state index in [0.29, 0.717) is 0 Å². The van der Waals surface area contributed by atoms with Crippen molar-refractivity contribution in [3.8, 4) is 0 Å². The molecule has 152 valence electrons. The van der Waals surface area contributed by atoms with Gasteiger partial charge in [0.2, 0.25) is 0 Å². The van der Waals surface area contributed by atoms with Gasteiger partial charge >= 0.3 is 26.2 Å². The minimum absolute atomic E-state index is 0. The fraction of sp³-hybridized carbons (Fsp3) is 0.250. The van der Waals surface area contributed by atoms with Crippen LogP contribution < -0.4 is 24.8 Å². The molecular weight excluding hydrogens is 507 g/mol. The maximum atomic E-state index is 2.40. The van der Waals surface area contributed by atoms with Crippen LogP contribution in [-0.4, -0.2) is 17.6 Å². The third kappa shape index (κ3) is 12.1. The fourth-order valence-corrected chi connectivity index (χ4v) is 6.64. The fourth-order valence-electron chi connectivity index (χ4n) is 2.64. The maximum absolute atomic E-state index is 2.40. The third-order valence-electron chi connectivity index (χ3n) is 4.22. The zero-order valence-electron chi connectivity index (χ0n) is 17.8. The molecule has 0 unspecified atom stereocenters. The van der Waals surface area contributed by atoms with Crippen molar-refractivity contribution < 1.29 is 51.0 Å². The Balaban J connectivity index is 0. The Bertz CT molecular complexity index is 750. The molecular formula is C24H30Cl2Si2Zr. The van der Waals surface area contributed by atoms with E-state index in [1.54, 1.807) is 0 Å². The normalized spacial score (nSPS) is 9.45. The van der Waals surface area contributed by atoms with Crippen molar-refractivity contribution in [1.82, 2.24) is 0 Å². The molecule has 0 saturated heterocycles. The summed E-state index contributed by atoms with van der Waals surface area (Å²) in [5.41, 5.74) is 0. The number of hydrogen-bond acceptors (Lipinski definition) is 0. The summed E-state index contributed by atoms with van der Waals surface area (Å²) < 4.78 is 0. The summed E-state index contributed by atoms with van der Waals surface area (Å²) in [7, 11) is 0.191. The van der Waals surface area contributed by atoms with Crippen molar-refractivity contribution >= 4 is 39.1 Å². The molecule has 5 heteroatoms. The van der Waals surface area contributed by atoms with E-state index in [9.17, 15) is 0 Å². The van der Waals surface area contributed by atoms with E-state index in [0.717, 1.165) is 0 Å². The SMILES string of the molecule is C[Si](C)CC[Si](C)C.[Cl-].[Cl-].[Zr+4].c1ccc2[cH-]ccc2c1.c1ccc2[cH-]ccc2c1. The van der Waals surface area contributed by atoms with Gasteiger partial charge < -0.3 is 24.8 Å². The average molecular weight is 537 g/mol.